The second-order valence-corrected chi connectivity index (χ2v) is 5.71. The Labute approximate surface area is 146 Å². The summed E-state index contributed by atoms with van der Waals surface area (Å²) in [5, 5.41) is 2.79. The molecular formula is C20H18N3O2. The highest BCUT2D eigenvalue weighted by molar-refractivity contribution is 6.05. The SMILES string of the molecule is Nc1ccccc1NC(=O)c1ccc(C[CH]C2C=CC=NC2=O)cc1. The van der Waals surface area contributed by atoms with Crippen molar-refractivity contribution in [1.29, 1.82) is 0 Å². The van der Waals surface area contributed by atoms with Crippen molar-refractivity contribution in [2.24, 2.45) is 10.9 Å². The van der Waals surface area contributed by atoms with Crippen molar-refractivity contribution in [3.8, 4) is 0 Å². The number of nitrogens with one attached hydrogen (secondary N) is 1. The molecule has 5 heteroatoms. The summed E-state index contributed by atoms with van der Waals surface area (Å²) in [5.74, 6) is -0.652. The van der Waals surface area contributed by atoms with Crippen LogP contribution in [-0.4, -0.2) is 18.0 Å². The molecule has 2 aromatic rings. The fraction of sp³-hybridized carbons (Fsp3) is 0.100. The number of nitrogens with zero attached hydrogens (tertiary/aromatic N) is 1. The Bertz CT molecular complexity index is 838. The molecule has 3 N–H and O–H groups in total. The maximum atomic E-state index is 12.3. The summed E-state index contributed by atoms with van der Waals surface area (Å²) in [6.45, 7) is 0. The molecule has 1 heterocycles. The van der Waals surface area contributed by atoms with E-state index in [1.54, 1.807) is 30.3 Å². The standard InChI is InChI=1S/C20H18N3O2/c21-17-5-1-2-6-18(17)23-20(25)16-11-8-14(9-12-16)7-10-15-4-3-13-22-19(15)24/h1-6,8-13,15H,7,21H2,(H,23,25). The second-order valence-electron chi connectivity index (χ2n) is 5.71. The van der Waals surface area contributed by atoms with Gasteiger partial charge in [-0.25, -0.2) is 4.99 Å². The molecule has 5 nitrogen and oxygen atoms in total. The van der Waals surface area contributed by atoms with E-state index < -0.39 is 0 Å². The first-order valence-corrected chi connectivity index (χ1v) is 7.96. The van der Waals surface area contributed by atoms with Crippen molar-refractivity contribution in [3.05, 3.63) is 78.2 Å². The zero-order chi connectivity index (χ0) is 17.6. The van der Waals surface area contributed by atoms with Gasteiger partial charge in [-0.15, -0.1) is 0 Å². The number of nitrogen functional groups attached to an aromatic ring is 1. The number of hydrogen-bond donors (Lipinski definition) is 2. The Morgan fingerprint density at radius 2 is 1.92 bits per heavy atom. The maximum Gasteiger partial charge on any atom is 0.255 e. The highest BCUT2D eigenvalue weighted by Crippen LogP contribution is 2.19. The monoisotopic (exact) mass is 332 g/mol. The van der Waals surface area contributed by atoms with E-state index in [0.717, 1.165) is 5.56 Å². The molecule has 0 saturated carbocycles. The first kappa shape index (κ1) is 16.6. The van der Waals surface area contributed by atoms with Gasteiger partial charge in [-0.1, -0.05) is 30.3 Å². The van der Waals surface area contributed by atoms with Gasteiger partial charge in [0.25, 0.3) is 11.8 Å². The average molecular weight is 332 g/mol. The third-order valence-corrected chi connectivity index (χ3v) is 3.92. The fourth-order valence-electron chi connectivity index (χ4n) is 2.49. The van der Waals surface area contributed by atoms with Crippen molar-refractivity contribution in [1.82, 2.24) is 0 Å². The minimum absolute atomic E-state index is 0.154. The Morgan fingerprint density at radius 1 is 1.16 bits per heavy atom. The smallest absolute Gasteiger partial charge is 0.255 e. The first-order valence-electron chi connectivity index (χ1n) is 7.96. The lowest BCUT2D eigenvalue weighted by molar-refractivity contribution is -0.119. The summed E-state index contributed by atoms with van der Waals surface area (Å²) < 4.78 is 0. The lowest BCUT2D eigenvalue weighted by atomic mass is 9.97. The third kappa shape index (κ3) is 4.20. The van der Waals surface area contributed by atoms with Crippen molar-refractivity contribution >= 4 is 29.4 Å². The van der Waals surface area contributed by atoms with Crippen LogP contribution in [0.1, 0.15) is 15.9 Å². The quantitative estimate of drug-likeness (QED) is 0.825. The summed E-state index contributed by atoms with van der Waals surface area (Å²) in [7, 11) is 0. The van der Waals surface area contributed by atoms with Gasteiger partial charge in [0, 0.05) is 11.8 Å². The lowest BCUT2D eigenvalue weighted by Gasteiger charge is -2.11. The van der Waals surface area contributed by atoms with E-state index in [2.05, 4.69) is 10.3 Å². The Hall–Kier alpha value is -3.21. The highest BCUT2D eigenvalue weighted by atomic mass is 16.2. The number of nitrogens with two attached hydrogens (primary N) is 1. The molecule has 1 radical (unpaired) electrons. The van der Waals surface area contributed by atoms with Gasteiger partial charge >= 0.3 is 0 Å². The van der Waals surface area contributed by atoms with Gasteiger partial charge < -0.3 is 11.1 Å². The number of benzene rings is 2. The van der Waals surface area contributed by atoms with Crippen molar-refractivity contribution in [2.45, 2.75) is 6.42 Å². The molecule has 0 spiro atoms. The molecule has 1 unspecified atom stereocenters. The first-order chi connectivity index (χ1) is 12.1. The largest absolute Gasteiger partial charge is 0.397 e. The Balaban J connectivity index is 1.59. The number of dihydropyridines is 1. The van der Waals surface area contributed by atoms with Crippen LogP contribution in [0.2, 0.25) is 0 Å². The number of aliphatic imine (C=N–C) groups is 1. The van der Waals surface area contributed by atoms with Gasteiger partial charge in [-0.2, -0.15) is 0 Å². The van der Waals surface area contributed by atoms with Crippen LogP contribution >= 0.6 is 0 Å². The van der Waals surface area contributed by atoms with Crippen LogP contribution in [0, 0.1) is 12.3 Å². The molecule has 0 fully saturated rings. The van der Waals surface area contributed by atoms with Crippen LogP contribution in [0.25, 0.3) is 0 Å². The normalized spacial score (nSPS) is 16.0. The van der Waals surface area contributed by atoms with Crippen LogP contribution in [0.4, 0.5) is 11.4 Å². The third-order valence-electron chi connectivity index (χ3n) is 3.92. The van der Waals surface area contributed by atoms with Crippen LogP contribution in [0.5, 0.6) is 0 Å². The molecule has 1 aliphatic heterocycles. The van der Waals surface area contributed by atoms with Gasteiger partial charge in [0.2, 0.25) is 0 Å². The maximum absolute atomic E-state index is 12.3. The van der Waals surface area contributed by atoms with Crippen molar-refractivity contribution in [2.75, 3.05) is 11.1 Å². The minimum atomic E-state index is -0.283. The number of allylic oxidation sites excluding steroid dienone is 1. The van der Waals surface area contributed by atoms with Crippen molar-refractivity contribution in [3.63, 3.8) is 0 Å². The number of carbonyl (C=O) groups excluding carboxylic acids is 2. The summed E-state index contributed by atoms with van der Waals surface area (Å²) in [4.78, 5) is 27.7. The van der Waals surface area contributed by atoms with Gasteiger partial charge in [-0.05, 0) is 48.7 Å². The summed E-state index contributed by atoms with van der Waals surface area (Å²) in [6, 6.07) is 14.4. The van der Waals surface area contributed by atoms with Crippen LogP contribution < -0.4 is 11.1 Å². The molecule has 25 heavy (non-hydrogen) atoms. The molecule has 0 aromatic heterocycles. The van der Waals surface area contributed by atoms with E-state index in [1.807, 2.05) is 36.8 Å². The Kier molecular flexibility index (Phi) is 5.04. The number of para-hydroxylation sites is 2. The number of carbonyl (C=O) groups is 2. The summed E-state index contributed by atoms with van der Waals surface area (Å²) >= 11 is 0. The molecule has 2 aromatic carbocycles. The minimum Gasteiger partial charge on any atom is -0.397 e. The zero-order valence-corrected chi connectivity index (χ0v) is 13.6. The molecule has 2 amide bonds. The predicted molar refractivity (Wildman–Crippen MR) is 99.4 cm³/mol. The summed E-state index contributed by atoms with van der Waals surface area (Å²) in [6.07, 6.45) is 7.63. The van der Waals surface area contributed by atoms with E-state index in [0.29, 0.717) is 23.4 Å². The van der Waals surface area contributed by atoms with Gasteiger partial charge in [-0.3, -0.25) is 9.59 Å². The lowest BCUT2D eigenvalue weighted by Crippen LogP contribution is -2.14. The highest BCUT2D eigenvalue weighted by Gasteiger charge is 2.16. The zero-order valence-electron chi connectivity index (χ0n) is 13.6. The van der Waals surface area contributed by atoms with Gasteiger partial charge in [0.1, 0.15) is 0 Å². The van der Waals surface area contributed by atoms with Gasteiger partial charge in [0.05, 0.1) is 17.3 Å². The number of anilines is 2. The molecular weight excluding hydrogens is 314 g/mol. The van der Waals surface area contributed by atoms with Crippen LogP contribution in [-0.2, 0) is 11.2 Å². The molecule has 3 rings (SSSR count). The number of rotatable bonds is 5. The molecule has 0 bridgehead atoms. The Morgan fingerprint density at radius 3 is 2.64 bits per heavy atom. The van der Waals surface area contributed by atoms with E-state index in [9.17, 15) is 9.59 Å². The molecule has 1 atom stereocenters. The topological polar surface area (TPSA) is 84.5 Å². The van der Waals surface area contributed by atoms with Crippen LogP contribution in [0.15, 0.2) is 65.7 Å². The van der Waals surface area contributed by atoms with Gasteiger partial charge in [0.15, 0.2) is 0 Å². The van der Waals surface area contributed by atoms with E-state index in [-0.39, 0.29) is 17.7 Å². The van der Waals surface area contributed by atoms with Crippen molar-refractivity contribution < 1.29 is 9.59 Å². The predicted octanol–water partition coefficient (Wildman–Crippen LogP) is 3.05. The molecule has 1 aliphatic rings. The van der Waals surface area contributed by atoms with Crippen LogP contribution in [0.3, 0.4) is 0 Å². The van der Waals surface area contributed by atoms with E-state index in [4.69, 9.17) is 5.73 Å². The molecule has 0 saturated heterocycles. The molecule has 0 aliphatic carbocycles. The number of hydrogen-bond acceptors (Lipinski definition) is 3. The van der Waals surface area contributed by atoms with E-state index >= 15 is 0 Å². The average Bonchev–Trinajstić information content (AvgIpc) is 2.63. The second kappa shape index (κ2) is 7.57. The number of amides is 2. The summed E-state index contributed by atoms with van der Waals surface area (Å²) in [5.41, 5.74) is 8.51. The van der Waals surface area contributed by atoms with E-state index in [1.165, 1.54) is 6.21 Å². The fourth-order valence-corrected chi connectivity index (χ4v) is 2.49. The molecule has 125 valence electrons.